The first kappa shape index (κ1) is 10.1. The van der Waals surface area contributed by atoms with Gasteiger partial charge in [-0.2, -0.15) is 0 Å². The maximum Gasteiger partial charge on any atom is 0.572 e. The number of methoxy groups -OCH3 is 1. The average Bonchev–Trinajstić information content (AvgIpc) is 2.29. The Morgan fingerprint density at radius 1 is 1.27 bits per heavy atom. The summed E-state index contributed by atoms with van der Waals surface area (Å²) in [6, 6.07) is 7.79. The molecule has 1 aromatic rings. The topological polar surface area (TPSA) is 27.7 Å². The molecule has 1 aliphatic heterocycles. The Kier molecular flexibility index (Phi) is 2.97. The van der Waals surface area contributed by atoms with Crippen molar-refractivity contribution < 1.29 is 14.0 Å². The molecule has 1 unspecified atom stereocenters. The number of allylic oxidation sites excluding steroid dienone is 1. The maximum absolute atomic E-state index is 5.34. The molecule has 1 aromatic carbocycles. The van der Waals surface area contributed by atoms with E-state index in [4.69, 9.17) is 14.0 Å². The van der Waals surface area contributed by atoms with Gasteiger partial charge in [0.15, 0.2) is 0 Å². The van der Waals surface area contributed by atoms with Crippen LogP contribution in [0.2, 0.25) is 0 Å². The van der Waals surface area contributed by atoms with Crippen LogP contribution >= 0.6 is 0 Å². The number of ether oxygens (including phenoxy) is 1. The van der Waals surface area contributed by atoms with Gasteiger partial charge in [-0.05, 0) is 30.7 Å². The van der Waals surface area contributed by atoms with Gasteiger partial charge in [0.1, 0.15) is 5.75 Å². The van der Waals surface area contributed by atoms with Crippen molar-refractivity contribution in [2.24, 2.45) is 0 Å². The summed E-state index contributed by atoms with van der Waals surface area (Å²) < 4.78 is 15.5. The summed E-state index contributed by atoms with van der Waals surface area (Å²) in [6.45, 7) is 1.90. The van der Waals surface area contributed by atoms with Crippen LogP contribution < -0.4 is 4.74 Å². The zero-order valence-electron chi connectivity index (χ0n) is 8.77. The largest absolute Gasteiger partial charge is 0.572 e. The molecule has 1 atom stereocenters. The van der Waals surface area contributed by atoms with Crippen LogP contribution in [0.15, 0.2) is 36.1 Å². The van der Waals surface area contributed by atoms with Crippen molar-refractivity contribution in [3.8, 4) is 5.75 Å². The van der Waals surface area contributed by atoms with Crippen molar-refractivity contribution in [2.75, 3.05) is 7.11 Å². The van der Waals surface area contributed by atoms with Crippen molar-refractivity contribution in [3.63, 3.8) is 0 Å². The van der Waals surface area contributed by atoms with Crippen molar-refractivity contribution in [1.29, 1.82) is 0 Å². The monoisotopic (exact) mass is 203 g/mol. The second kappa shape index (κ2) is 4.40. The van der Waals surface area contributed by atoms with Crippen LogP contribution in [-0.2, 0) is 9.31 Å². The number of hydrogen-bond acceptors (Lipinski definition) is 3. The zero-order chi connectivity index (χ0) is 10.7. The summed E-state index contributed by atoms with van der Waals surface area (Å²) in [5.74, 6) is 1.69. The lowest BCUT2D eigenvalue weighted by Crippen LogP contribution is -2.14. The van der Waals surface area contributed by atoms with E-state index in [-0.39, 0.29) is 6.10 Å². The first-order chi connectivity index (χ1) is 7.29. The van der Waals surface area contributed by atoms with Gasteiger partial charge in [0.2, 0.25) is 0 Å². The third kappa shape index (κ3) is 2.33. The molecule has 0 fully saturated rings. The highest BCUT2D eigenvalue weighted by Crippen LogP contribution is 2.25. The van der Waals surface area contributed by atoms with Crippen LogP contribution in [0, 0.1) is 0 Å². The molecule has 3 nitrogen and oxygen atoms in total. The van der Waals surface area contributed by atoms with Crippen LogP contribution in [0.25, 0.3) is 0 Å². The molecule has 1 heterocycles. The van der Waals surface area contributed by atoms with E-state index in [2.05, 4.69) is 0 Å². The molecule has 1 radical (unpaired) electrons. The molecular weight excluding hydrogens is 191 g/mol. The van der Waals surface area contributed by atoms with Crippen molar-refractivity contribution in [3.05, 3.63) is 41.7 Å². The molecule has 0 saturated carbocycles. The Morgan fingerprint density at radius 2 is 2.00 bits per heavy atom. The lowest BCUT2D eigenvalue weighted by molar-refractivity contribution is 0.186. The summed E-state index contributed by atoms with van der Waals surface area (Å²) in [5, 5.41) is 0. The highest BCUT2D eigenvalue weighted by molar-refractivity contribution is 6.19. The smallest absolute Gasteiger partial charge is 0.541 e. The third-order valence-electron chi connectivity index (χ3n) is 2.27. The summed E-state index contributed by atoms with van der Waals surface area (Å²) in [4.78, 5) is 0. The van der Waals surface area contributed by atoms with E-state index in [1.165, 1.54) is 7.69 Å². The summed E-state index contributed by atoms with van der Waals surface area (Å²) in [7, 11) is 3.02. The van der Waals surface area contributed by atoms with Gasteiger partial charge in [-0.3, -0.25) is 0 Å². The van der Waals surface area contributed by atoms with Gasteiger partial charge in [-0.15, -0.1) is 0 Å². The van der Waals surface area contributed by atoms with E-state index in [0.29, 0.717) is 0 Å². The minimum absolute atomic E-state index is 0.0651. The Labute approximate surface area is 90.0 Å². The highest BCUT2D eigenvalue weighted by atomic mass is 16.6. The Balaban J connectivity index is 2.18. The molecule has 77 valence electrons. The van der Waals surface area contributed by atoms with Crippen molar-refractivity contribution in [2.45, 2.75) is 13.0 Å². The molecule has 0 N–H and O–H groups in total. The van der Waals surface area contributed by atoms with Gasteiger partial charge in [0.05, 0.1) is 19.0 Å². The molecule has 0 bridgehead atoms. The minimum Gasteiger partial charge on any atom is -0.541 e. The van der Waals surface area contributed by atoms with Gasteiger partial charge in [0.25, 0.3) is 0 Å². The van der Waals surface area contributed by atoms with Crippen LogP contribution in [-0.4, -0.2) is 14.8 Å². The second-order valence-corrected chi connectivity index (χ2v) is 3.32. The standard InChI is InChI=1S/C11H12BO3/c1-8-7-11(15-12-14-8)9-3-5-10(13-2)6-4-9/h3-7,11H,1-2H3. The van der Waals surface area contributed by atoms with E-state index in [1.807, 2.05) is 37.3 Å². The molecule has 0 amide bonds. The average molecular weight is 203 g/mol. The van der Waals surface area contributed by atoms with Gasteiger partial charge in [0, 0.05) is 0 Å². The fourth-order valence-electron chi connectivity index (χ4n) is 1.42. The third-order valence-corrected chi connectivity index (χ3v) is 2.27. The highest BCUT2D eigenvalue weighted by Gasteiger charge is 2.16. The molecule has 4 heteroatoms. The molecular formula is C11H12BO3. The lowest BCUT2D eigenvalue weighted by Gasteiger charge is -2.20. The fourth-order valence-corrected chi connectivity index (χ4v) is 1.42. The first-order valence-corrected chi connectivity index (χ1v) is 4.76. The van der Waals surface area contributed by atoms with Gasteiger partial charge in [-0.1, -0.05) is 12.1 Å². The Bertz CT molecular complexity index is 359. The van der Waals surface area contributed by atoms with E-state index >= 15 is 0 Å². The minimum atomic E-state index is -0.0651. The lowest BCUT2D eigenvalue weighted by atomic mass is 10.1. The molecule has 0 aromatic heterocycles. The molecule has 0 spiro atoms. The van der Waals surface area contributed by atoms with Gasteiger partial charge >= 0.3 is 7.69 Å². The maximum atomic E-state index is 5.34. The predicted molar refractivity (Wildman–Crippen MR) is 57.4 cm³/mol. The van der Waals surface area contributed by atoms with E-state index in [0.717, 1.165) is 17.1 Å². The van der Waals surface area contributed by atoms with E-state index in [9.17, 15) is 0 Å². The van der Waals surface area contributed by atoms with Gasteiger partial charge < -0.3 is 14.0 Å². The SMILES string of the molecule is COc1ccc(C2C=C(C)O[B]O2)cc1. The predicted octanol–water partition coefficient (Wildman–Crippen LogP) is 2.22. The second-order valence-electron chi connectivity index (χ2n) is 3.32. The number of benzene rings is 1. The number of hydrogen-bond donors (Lipinski definition) is 0. The summed E-state index contributed by atoms with van der Waals surface area (Å²) >= 11 is 0. The quantitative estimate of drug-likeness (QED) is 0.689. The Morgan fingerprint density at radius 3 is 2.60 bits per heavy atom. The van der Waals surface area contributed by atoms with E-state index in [1.54, 1.807) is 7.11 Å². The van der Waals surface area contributed by atoms with Crippen molar-refractivity contribution in [1.82, 2.24) is 0 Å². The molecule has 0 aliphatic carbocycles. The van der Waals surface area contributed by atoms with Crippen LogP contribution in [0.4, 0.5) is 0 Å². The zero-order valence-corrected chi connectivity index (χ0v) is 8.77. The number of rotatable bonds is 2. The summed E-state index contributed by atoms with van der Waals surface area (Å²) in [5.41, 5.74) is 1.08. The molecule has 15 heavy (non-hydrogen) atoms. The summed E-state index contributed by atoms with van der Waals surface area (Å²) in [6.07, 6.45) is 1.87. The molecule has 2 rings (SSSR count). The molecule has 1 aliphatic rings. The molecule has 0 saturated heterocycles. The van der Waals surface area contributed by atoms with Crippen LogP contribution in [0.3, 0.4) is 0 Å². The van der Waals surface area contributed by atoms with Crippen LogP contribution in [0.1, 0.15) is 18.6 Å². The van der Waals surface area contributed by atoms with Crippen molar-refractivity contribution >= 4 is 7.69 Å². The fraction of sp³-hybridized carbons (Fsp3) is 0.273. The van der Waals surface area contributed by atoms with Gasteiger partial charge in [-0.25, -0.2) is 0 Å². The first-order valence-electron chi connectivity index (χ1n) is 4.76. The van der Waals surface area contributed by atoms with E-state index < -0.39 is 0 Å². The Hall–Kier alpha value is -1.42. The van der Waals surface area contributed by atoms with Crippen LogP contribution in [0.5, 0.6) is 5.75 Å². The normalized spacial score (nSPS) is 19.9.